The van der Waals surface area contributed by atoms with E-state index in [1.165, 1.54) is 12.8 Å². The van der Waals surface area contributed by atoms with E-state index in [1.54, 1.807) is 6.92 Å². The molecule has 3 heteroatoms. The predicted molar refractivity (Wildman–Crippen MR) is 43.0 cm³/mol. The van der Waals surface area contributed by atoms with E-state index in [-0.39, 0.29) is 6.23 Å². The molecule has 1 aliphatic heterocycles. The Balaban J connectivity index is 2.22. The highest BCUT2D eigenvalue weighted by molar-refractivity contribution is 4.67. The van der Waals surface area contributed by atoms with Crippen LogP contribution >= 0.6 is 0 Å². The molecule has 0 aliphatic carbocycles. The van der Waals surface area contributed by atoms with Gasteiger partial charge in [0.1, 0.15) is 6.23 Å². The van der Waals surface area contributed by atoms with E-state index in [0.29, 0.717) is 0 Å². The molecule has 0 aromatic carbocycles. The number of aliphatic hydroxyl groups excluding tert-OH is 1. The minimum absolute atomic E-state index is 0.0671. The molecule has 0 spiro atoms. The lowest BCUT2D eigenvalue weighted by molar-refractivity contribution is -0.161. The molecule has 3 nitrogen and oxygen atoms in total. The fourth-order valence-electron chi connectivity index (χ4n) is 1.48. The Bertz CT molecular complexity index is 111. The molecule has 1 fully saturated rings. The molecule has 1 rings (SSSR count). The summed E-state index contributed by atoms with van der Waals surface area (Å²) >= 11 is 0. The van der Waals surface area contributed by atoms with E-state index in [2.05, 4.69) is 4.90 Å². The third-order valence-corrected chi connectivity index (χ3v) is 2.05. The first-order valence-electron chi connectivity index (χ1n) is 4.27. The Hall–Kier alpha value is -0.120. The van der Waals surface area contributed by atoms with Crippen LogP contribution in [0.15, 0.2) is 0 Å². The average Bonchev–Trinajstić information content (AvgIpc) is 2.35. The first-order chi connectivity index (χ1) is 5.20. The van der Waals surface area contributed by atoms with Gasteiger partial charge in [-0.1, -0.05) is 0 Å². The van der Waals surface area contributed by atoms with Crippen LogP contribution in [0.25, 0.3) is 0 Å². The topological polar surface area (TPSA) is 32.7 Å². The van der Waals surface area contributed by atoms with Crippen molar-refractivity contribution in [1.29, 1.82) is 0 Å². The van der Waals surface area contributed by atoms with Gasteiger partial charge >= 0.3 is 0 Å². The molecular weight excluding hydrogens is 142 g/mol. The molecule has 1 heterocycles. The van der Waals surface area contributed by atoms with Gasteiger partial charge in [-0.05, 0) is 26.7 Å². The number of aliphatic hydroxyl groups is 1. The molecule has 0 aromatic heterocycles. The second kappa shape index (κ2) is 4.04. The summed E-state index contributed by atoms with van der Waals surface area (Å²) in [6.45, 7) is 5.84. The molecule has 0 bridgehead atoms. The summed E-state index contributed by atoms with van der Waals surface area (Å²) in [6, 6.07) is 0. The van der Waals surface area contributed by atoms with E-state index >= 15 is 0 Å². The van der Waals surface area contributed by atoms with Crippen LogP contribution < -0.4 is 0 Å². The average molecular weight is 159 g/mol. The lowest BCUT2D eigenvalue weighted by Gasteiger charge is -2.24. The monoisotopic (exact) mass is 159 g/mol. The Labute approximate surface area is 68.0 Å². The van der Waals surface area contributed by atoms with Crippen LogP contribution in [-0.4, -0.2) is 35.6 Å². The van der Waals surface area contributed by atoms with E-state index in [0.717, 1.165) is 13.1 Å². The number of likely N-dealkylation sites (tertiary alicyclic amines) is 1. The number of ether oxygens (including phenoxy) is 1. The van der Waals surface area contributed by atoms with Gasteiger partial charge in [0.15, 0.2) is 6.29 Å². The maximum absolute atomic E-state index is 8.93. The van der Waals surface area contributed by atoms with Crippen molar-refractivity contribution >= 4 is 0 Å². The van der Waals surface area contributed by atoms with Gasteiger partial charge in [-0.3, -0.25) is 4.90 Å². The smallest absolute Gasteiger partial charge is 0.153 e. The van der Waals surface area contributed by atoms with Crippen molar-refractivity contribution in [2.24, 2.45) is 0 Å². The molecule has 2 atom stereocenters. The summed E-state index contributed by atoms with van der Waals surface area (Å²) < 4.78 is 5.22. The zero-order valence-corrected chi connectivity index (χ0v) is 7.29. The Morgan fingerprint density at radius 3 is 2.27 bits per heavy atom. The zero-order chi connectivity index (χ0) is 8.27. The summed E-state index contributed by atoms with van der Waals surface area (Å²) in [4.78, 5) is 2.24. The molecule has 66 valence electrons. The van der Waals surface area contributed by atoms with Crippen molar-refractivity contribution in [2.45, 2.75) is 39.2 Å². The summed E-state index contributed by atoms with van der Waals surface area (Å²) in [6.07, 6.45) is 1.93. The van der Waals surface area contributed by atoms with Crippen LogP contribution in [0, 0.1) is 0 Å². The zero-order valence-electron chi connectivity index (χ0n) is 7.29. The first-order valence-corrected chi connectivity index (χ1v) is 4.27. The van der Waals surface area contributed by atoms with Crippen molar-refractivity contribution in [3.63, 3.8) is 0 Å². The maximum atomic E-state index is 8.93. The third-order valence-electron chi connectivity index (χ3n) is 2.05. The van der Waals surface area contributed by atoms with Crippen LogP contribution in [0.3, 0.4) is 0 Å². The third kappa shape index (κ3) is 2.77. The molecule has 0 aromatic rings. The van der Waals surface area contributed by atoms with E-state index in [9.17, 15) is 0 Å². The van der Waals surface area contributed by atoms with Crippen LogP contribution in [0.5, 0.6) is 0 Å². The highest BCUT2D eigenvalue weighted by Crippen LogP contribution is 2.12. The molecule has 2 unspecified atom stereocenters. The van der Waals surface area contributed by atoms with Gasteiger partial charge in [0.2, 0.25) is 0 Å². The second-order valence-corrected chi connectivity index (χ2v) is 3.08. The minimum atomic E-state index is -0.648. The lowest BCUT2D eigenvalue weighted by atomic mass is 10.4. The van der Waals surface area contributed by atoms with Gasteiger partial charge in [0.25, 0.3) is 0 Å². The first kappa shape index (κ1) is 8.97. The summed E-state index contributed by atoms with van der Waals surface area (Å²) in [5.41, 5.74) is 0. The molecular formula is C8H17NO2. The van der Waals surface area contributed by atoms with Gasteiger partial charge in [-0.2, -0.15) is 0 Å². The Morgan fingerprint density at radius 2 is 1.82 bits per heavy atom. The normalized spacial score (nSPS) is 25.4. The van der Waals surface area contributed by atoms with Crippen molar-refractivity contribution in [1.82, 2.24) is 4.90 Å². The van der Waals surface area contributed by atoms with Gasteiger partial charge in [0, 0.05) is 13.1 Å². The second-order valence-electron chi connectivity index (χ2n) is 3.08. The van der Waals surface area contributed by atoms with E-state index < -0.39 is 6.29 Å². The number of rotatable bonds is 3. The summed E-state index contributed by atoms with van der Waals surface area (Å²) in [7, 11) is 0. The summed E-state index contributed by atoms with van der Waals surface area (Å²) in [5, 5.41) is 8.93. The van der Waals surface area contributed by atoms with E-state index in [4.69, 9.17) is 9.84 Å². The molecule has 11 heavy (non-hydrogen) atoms. The SMILES string of the molecule is CC(O)OC(C)N1CCCC1. The molecule has 1 saturated heterocycles. The minimum Gasteiger partial charge on any atom is -0.368 e. The highest BCUT2D eigenvalue weighted by atomic mass is 16.6. The fraction of sp³-hybridized carbons (Fsp3) is 1.00. The fourth-order valence-corrected chi connectivity index (χ4v) is 1.48. The van der Waals surface area contributed by atoms with Crippen LogP contribution in [0.2, 0.25) is 0 Å². The molecule has 0 radical (unpaired) electrons. The van der Waals surface area contributed by atoms with Crippen molar-refractivity contribution in [2.75, 3.05) is 13.1 Å². The number of hydrogen-bond donors (Lipinski definition) is 1. The Morgan fingerprint density at radius 1 is 1.27 bits per heavy atom. The van der Waals surface area contributed by atoms with Gasteiger partial charge in [-0.15, -0.1) is 0 Å². The standard InChI is InChI=1S/C8H17NO2/c1-7(11-8(2)10)9-5-3-4-6-9/h7-8,10H,3-6H2,1-2H3. The van der Waals surface area contributed by atoms with Crippen molar-refractivity contribution in [3.05, 3.63) is 0 Å². The predicted octanol–water partition coefficient (Wildman–Crippen LogP) is 0.783. The maximum Gasteiger partial charge on any atom is 0.153 e. The molecule has 0 amide bonds. The van der Waals surface area contributed by atoms with Crippen LogP contribution in [0.4, 0.5) is 0 Å². The number of nitrogens with zero attached hydrogens (tertiary/aromatic N) is 1. The van der Waals surface area contributed by atoms with E-state index in [1.807, 2.05) is 6.92 Å². The van der Waals surface area contributed by atoms with Crippen molar-refractivity contribution < 1.29 is 9.84 Å². The number of hydrogen-bond acceptors (Lipinski definition) is 3. The van der Waals surface area contributed by atoms with Gasteiger partial charge < -0.3 is 9.84 Å². The van der Waals surface area contributed by atoms with Gasteiger partial charge in [0.05, 0.1) is 0 Å². The Kier molecular flexibility index (Phi) is 3.30. The molecule has 0 saturated carbocycles. The van der Waals surface area contributed by atoms with Crippen LogP contribution in [0.1, 0.15) is 26.7 Å². The van der Waals surface area contributed by atoms with Crippen molar-refractivity contribution in [3.8, 4) is 0 Å². The quantitative estimate of drug-likeness (QED) is 0.618. The molecule has 1 N–H and O–H groups in total. The lowest BCUT2D eigenvalue weighted by Crippen LogP contribution is -2.34. The highest BCUT2D eigenvalue weighted by Gasteiger charge is 2.19. The van der Waals surface area contributed by atoms with Gasteiger partial charge in [-0.25, -0.2) is 0 Å². The van der Waals surface area contributed by atoms with Crippen LogP contribution in [-0.2, 0) is 4.74 Å². The largest absolute Gasteiger partial charge is 0.368 e. The molecule has 1 aliphatic rings. The summed E-state index contributed by atoms with van der Waals surface area (Å²) in [5.74, 6) is 0.